The van der Waals surface area contributed by atoms with Crippen molar-refractivity contribution in [1.82, 2.24) is 9.88 Å². The predicted molar refractivity (Wildman–Crippen MR) is 108 cm³/mol. The van der Waals surface area contributed by atoms with Gasteiger partial charge in [0.1, 0.15) is 18.2 Å². The van der Waals surface area contributed by atoms with E-state index in [4.69, 9.17) is 13.8 Å². The molecule has 1 aromatic carbocycles. The first-order valence-corrected chi connectivity index (χ1v) is 12.7. The van der Waals surface area contributed by atoms with Crippen LogP contribution in [-0.4, -0.2) is 55.2 Å². The largest absolute Gasteiger partial charge is 0.447 e. The predicted octanol–water partition coefficient (Wildman–Crippen LogP) is 2.48. The number of hydrogen-bond acceptors (Lipinski definition) is 10. The summed E-state index contributed by atoms with van der Waals surface area (Å²) in [5.74, 6) is -1.55. The second kappa shape index (κ2) is 8.82. The topological polar surface area (TPSA) is 182 Å². The van der Waals surface area contributed by atoms with Crippen LogP contribution in [0, 0.1) is 5.82 Å². The van der Waals surface area contributed by atoms with Crippen LogP contribution in [0.5, 0.6) is 5.75 Å². The summed E-state index contributed by atoms with van der Waals surface area (Å²) in [5, 5.41) is 7.44. The lowest BCUT2D eigenvalue weighted by Gasteiger charge is -2.41. The lowest BCUT2D eigenvalue weighted by Crippen LogP contribution is -2.38. The van der Waals surface area contributed by atoms with Crippen LogP contribution in [0.1, 0.15) is 17.4 Å². The van der Waals surface area contributed by atoms with E-state index in [-0.39, 0.29) is 24.5 Å². The van der Waals surface area contributed by atoms with Crippen molar-refractivity contribution in [1.29, 1.82) is 0 Å². The highest BCUT2D eigenvalue weighted by Gasteiger charge is 2.67. The van der Waals surface area contributed by atoms with Gasteiger partial charge in [-0.15, -0.1) is 0 Å². The number of imide groups is 1. The molecule has 0 aliphatic carbocycles. The Hall–Kier alpha value is -2.70. The monoisotopic (exact) mass is 518 g/mol. The molecule has 2 saturated heterocycles. The Balaban J connectivity index is 1.55. The summed E-state index contributed by atoms with van der Waals surface area (Å²) >= 11 is 0. The van der Waals surface area contributed by atoms with E-state index in [1.807, 2.05) is 0 Å². The van der Waals surface area contributed by atoms with Crippen molar-refractivity contribution in [3.8, 4) is 5.75 Å². The fourth-order valence-corrected chi connectivity index (χ4v) is 6.74. The Morgan fingerprint density at radius 1 is 1.26 bits per heavy atom. The van der Waals surface area contributed by atoms with E-state index in [9.17, 15) is 38.0 Å². The molecule has 2 aromatic rings. The van der Waals surface area contributed by atoms with Gasteiger partial charge >= 0.3 is 27.4 Å². The van der Waals surface area contributed by atoms with Crippen LogP contribution in [0.15, 0.2) is 42.7 Å². The Labute approximate surface area is 190 Å². The Kier molecular flexibility index (Phi) is 6.34. The summed E-state index contributed by atoms with van der Waals surface area (Å²) in [7, 11) is -10.6. The minimum atomic E-state index is -5.31. The van der Waals surface area contributed by atoms with Gasteiger partial charge in [0.05, 0.1) is 6.54 Å². The summed E-state index contributed by atoms with van der Waals surface area (Å²) in [4.78, 5) is 48.5. The molecule has 0 spiro atoms. The standard InChI is InChI=1S/C18H17FN2O11P2/c19-14-8-12(30-17(23)21-6-7-29-16(21)22)3-4-13(14)15-31-33(25,26)18(24,34(27,28)32-15)9-11-2-1-5-20-10-11/h1-5,8,10,15,24H,6-7,9H2,(H,25,26)(H,27,28). The van der Waals surface area contributed by atoms with Gasteiger partial charge in [-0.3, -0.25) is 23.2 Å². The maximum absolute atomic E-state index is 14.7. The van der Waals surface area contributed by atoms with Crippen molar-refractivity contribution in [2.45, 2.75) is 17.8 Å². The SMILES string of the molecule is O=C1OCCN1C(=O)Oc1ccc(C2OP(=O)(O)C(O)(Cc3cccnc3)P(=O)(O)O2)c(F)c1. The van der Waals surface area contributed by atoms with Gasteiger partial charge in [0.2, 0.25) is 6.29 Å². The molecule has 4 rings (SSSR count). The summed E-state index contributed by atoms with van der Waals surface area (Å²) in [5.41, 5.74) is -0.453. The van der Waals surface area contributed by atoms with Crippen molar-refractivity contribution in [2.75, 3.05) is 13.2 Å². The average Bonchev–Trinajstić information content (AvgIpc) is 3.18. The molecule has 0 radical (unpaired) electrons. The van der Waals surface area contributed by atoms with Crippen molar-refractivity contribution < 1.29 is 56.5 Å². The van der Waals surface area contributed by atoms with E-state index in [1.54, 1.807) is 0 Å². The highest BCUT2D eigenvalue weighted by Crippen LogP contribution is 2.79. The number of hydrogen-bond donors (Lipinski definition) is 3. The molecule has 3 heterocycles. The van der Waals surface area contributed by atoms with Gasteiger partial charge in [0.15, 0.2) is 0 Å². The van der Waals surface area contributed by atoms with Crippen molar-refractivity contribution in [3.05, 3.63) is 59.7 Å². The maximum atomic E-state index is 14.7. The zero-order chi connectivity index (χ0) is 24.7. The fourth-order valence-electron chi connectivity index (χ4n) is 3.17. The zero-order valence-electron chi connectivity index (χ0n) is 17.0. The first-order chi connectivity index (χ1) is 15.9. The summed E-state index contributed by atoms with van der Waals surface area (Å²) in [6.45, 7) is -0.0747. The van der Waals surface area contributed by atoms with E-state index in [1.165, 1.54) is 24.5 Å². The third kappa shape index (κ3) is 4.37. The highest BCUT2D eigenvalue weighted by molar-refractivity contribution is 7.73. The Bertz CT molecular complexity index is 1200. The van der Waals surface area contributed by atoms with Gasteiger partial charge < -0.3 is 24.4 Å². The molecule has 2 unspecified atom stereocenters. The zero-order valence-corrected chi connectivity index (χ0v) is 18.8. The molecule has 2 aliphatic heterocycles. The first kappa shape index (κ1) is 24.4. The number of ether oxygens (including phenoxy) is 2. The molecule has 0 bridgehead atoms. The number of rotatable bonds is 4. The smallest absolute Gasteiger partial charge is 0.424 e. The van der Waals surface area contributed by atoms with Crippen molar-refractivity contribution >= 4 is 27.4 Å². The van der Waals surface area contributed by atoms with Crippen LogP contribution < -0.4 is 4.74 Å². The molecule has 34 heavy (non-hydrogen) atoms. The van der Waals surface area contributed by atoms with Crippen LogP contribution in [0.25, 0.3) is 0 Å². The third-order valence-electron chi connectivity index (χ3n) is 4.96. The highest BCUT2D eigenvalue weighted by atomic mass is 31.2. The van der Waals surface area contributed by atoms with Gasteiger partial charge in [0.25, 0.3) is 5.08 Å². The minimum Gasteiger partial charge on any atom is -0.447 e. The number of aromatic nitrogens is 1. The molecule has 13 nitrogen and oxygen atoms in total. The second-order valence-electron chi connectivity index (χ2n) is 7.21. The molecule has 2 fully saturated rings. The van der Waals surface area contributed by atoms with E-state index < -0.39 is 56.6 Å². The van der Waals surface area contributed by atoms with Crippen molar-refractivity contribution in [2.24, 2.45) is 0 Å². The maximum Gasteiger partial charge on any atom is 0.424 e. The number of carbonyl (C=O) groups excluding carboxylic acids is 2. The number of nitrogens with zero attached hydrogens (tertiary/aromatic N) is 2. The Morgan fingerprint density at radius 2 is 1.97 bits per heavy atom. The minimum absolute atomic E-state index is 0.0207. The van der Waals surface area contributed by atoms with Crippen LogP contribution in [0.2, 0.25) is 0 Å². The number of halogens is 1. The number of carbonyl (C=O) groups is 2. The van der Waals surface area contributed by atoms with Gasteiger partial charge in [0, 0.05) is 30.4 Å². The molecule has 0 saturated carbocycles. The number of benzene rings is 1. The fraction of sp³-hybridized carbons (Fsp3) is 0.278. The summed E-state index contributed by atoms with van der Waals surface area (Å²) in [6, 6.07) is 5.44. The molecule has 2 aliphatic rings. The molecule has 2 amide bonds. The van der Waals surface area contributed by atoms with Crippen molar-refractivity contribution in [3.63, 3.8) is 0 Å². The Morgan fingerprint density at radius 3 is 2.53 bits per heavy atom. The van der Waals surface area contributed by atoms with Crippen LogP contribution in [0.3, 0.4) is 0 Å². The van der Waals surface area contributed by atoms with E-state index in [0.717, 1.165) is 12.1 Å². The first-order valence-electron chi connectivity index (χ1n) is 9.53. The molecule has 3 N–H and O–H groups in total. The van der Waals surface area contributed by atoms with Crippen LogP contribution in [-0.2, 0) is 29.3 Å². The van der Waals surface area contributed by atoms with E-state index in [2.05, 4.69) is 9.72 Å². The quantitative estimate of drug-likeness (QED) is 0.504. The number of cyclic esters (lactones) is 1. The molecular weight excluding hydrogens is 501 g/mol. The van der Waals surface area contributed by atoms with Crippen LogP contribution in [0.4, 0.5) is 14.0 Å². The molecular formula is C18H17FN2O11P2. The number of aliphatic hydroxyl groups is 1. The van der Waals surface area contributed by atoms with E-state index in [0.29, 0.717) is 11.0 Å². The molecule has 2 atom stereocenters. The van der Waals surface area contributed by atoms with Gasteiger partial charge in [-0.25, -0.2) is 18.9 Å². The normalized spacial score (nSPS) is 31.2. The number of amides is 2. The van der Waals surface area contributed by atoms with E-state index >= 15 is 0 Å². The lowest BCUT2D eigenvalue weighted by atomic mass is 10.2. The molecule has 1 aromatic heterocycles. The summed E-state index contributed by atoms with van der Waals surface area (Å²) in [6.07, 6.45) is -2.44. The van der Waals surface area contributed by atoms with Gasteiger partial charge in [-0.05, 0) is 23.8 Å². The molecule has 16 heteroatoms. The summed E-state index contributed by atoms with van der Waals surface area (Å²) < 4.78 is 59.5. The molecule has 182 valence electrons. The lowest BCUT2D eigenvalue weighted by molar-refractivity contribution is -0.0596. The van der Waals surface area contributed by atoms with Gasteiger partial charge in [-0.1, -0.05) is 6.07 Å². The van der Waals surface area contributed by atoms with Crippen LogP contribution >= 0.6 is 15.2 Å². The average molecular weight is 518 g/mol. The third-order valence-corrected chi connectivity index (χ3v) is 9.56. The second-order valence-corrected chi connectivity index (χ2v) is 11.5. The van der Waals surface area contributed by atoms with Gasteiger partial charge in [-0.2, -0.15) is 0 Å². The number of pyridine rings is 1.